The van der Waals surface area contributed by atoms with Gasteiger partial charge in [0.05, 0.1) is 12.3 Å². The highest BCUT2D eigenvalue weighted by molar-refractivity contribution is 7.52. The third kappa shape index (κ3) is 6.59. The minimum atomic E-state index is -4.36. The van der Waals surface area contributed by atoms with Gasteiger partial charge in [0.2, 0.25) is 5.60 Å². The zero-order valence-electron chi connectivity index (χ0n) is 22.3. The molecule has 0 amide bonds. The van der Waals surface area contributed by atoms with Gasteiger partial charge in [-0.1, -0.05) is 24.3 Å². The number of aliphatic hydroxyl groups excluding tert-OH is 2. The van der Waals surface area contributed by atoms with Crippen molar-refractivity contribution in [1.29, 1.82) is 5.26 Å². The number of carbonyl (C=O) groups excluding carboxylic acids is 1. The van der Waals surface area contributed by atoms with Crippen LogP contribution in [-0.2, 0) is 23.4 Å². The molecule has 6 N–H and O–H groups in total. The summed E-state index contributed by atoms with van der Waals surface area (Å²) < 4.78 is 35.8. The molecule has 6 atom stereocenters. The number of para-hydroxylation sites is 1. The second kappa shape index (κ2) is 12.7. The van der Waals surface area contributed by atoms with Crippen LogP contribution in [0.15, 0.2) is 63.8 Å². The third-order valence-electron chi connectivity index (χ3n) is 6.26. The number of hydrogen-bond donors (Lipinski definition) is 5. The number of amidine groups is 1. The maximum Gasteiger partial charge on any atom is 0.459 e. The first-order chi connectivity index (χ1) is 19.0. The molecule has 40 heavy (non-hydrogen) atoms. The van der Waals surface area contributed by atoms with Crippen LogP contribution in [-0.4, -0.2) is 78.4 Å². The van der Waals surface area contributed by atoms with E-state index < -0.39 is 49.8 Å². The molecule has 0 radical (unpaired) electrons. The number of aliphatic imine (C=N–C) groups is 1. The van der Waals surface area contributed by atoms with Gasteiger partial charge in [-0.15, -0.1) is 0 Å². The summed E-state index contributed by atoms with van der Waals surface area (Å²) in [5, 5.41) is 37.9. The van der Waals surface area contributed by atoms with Gasteiger partial charge < -0.3 is 29.9 Å². The van der Waals surface area contributed by atoms with Crippen molar-refractivity contribution < 1.29 is 38.1 Å². The van der Waals surface area contributed by atoms with E-state index in [9.17, 15) is 24.8 Å². The number of nitrogens with one attached hydrogen (secondary N) is 2. The molecule has 1 aromatic rings. The second-order valence-electron chi connectivity index (χ2n) is 8.99. The Balaban J connectivity index is 1.84. The van der Waals surface area contributed by atoms with E-state index >= 15 is 0 Å². The van der Waals surface area contributed by atoms with Crippen LogP contribution < -0.4 is 20.8 Å². The molecule has 2 fully saturated rings. The van der Waals surface area contributed by atoms with E-state index in [0.717, 1.165) is 0 Å². The molecule has 3 rings (SSSR count). The SMILES string of the molecule is C=NN/C(=C\C=C1/CC12O[C@](C#N)(COP(=O)(N[C@@H](C)C(=O)OCC)Oc1ccccc1)[C@@H](O)[C@H]2O)C(N)=NC. The van der Waals surface area contributed by atoms with E-state index in [4.69, 9.17) is 24.3 Å². The Morgan fingerprint density at radius 2 is 2.10 bits per heavy atom. The van der Waals surface area contributed by atoms with Crippen LogP contribution >= 0.6 is 7.75 Å². The standard InChI is InChI=1S/C25H33N6O8P/c1-5-36-23(34)16(2)31-40(35,38-18-9-7-6-8-10-18)37-15-24(14-26)20(32)21(33)25(39-24)13-17(25)11-12-19(30-29-4)22(27)28-3/h6-12,16,20-21,30,32-33H,4-5,13,15H2,1-3H3,(H2,27,28)(H,31,35)/b17-11+,19-12-/t16-,20-,21+,24+,25?,40?/m0/s1. The van der Waals surface area contributed by atoms with E-state index in [0.29, 0.717) is 11.3 Å². The van der Waals surface area contributed by atoms with Crippen molar-refractivity contribution in [3.63, 3.8) is 0 Å². The lowest BCUT2D eigenvalue weighted by molar-refractivity contribution is -0.144. The summed E-state index contributed by atoms with van der Waals surface area (Å²) in [6, 6.07) is 8.75. The van der Waals surface area contributed by atoms with Gasteiger partial charge in [-0.2, -0.15) is 15.5 Å². The largest absolute Gasteiger partial charge is 0.465 e. The van der Waals surface area contributed by atoms with E-state index in [1.807, 2.05) is 6.07 Å². The van der Waals surface area contributed by atoms with Crippen LogP contribution in [0.2, 0.25) is 0 Å². The molecule has 216 valence electrons. The van der Waals surface area contributed by atoms with Crippen molar-refractivity contribution in [2.24, 2.45) is 15.8 Å². The van der Waals surface area contributed by atoms with Crippen LogP contribution in [0.4, 0.5) is 0 Å². The first kappa shape index (κ1) is 31.0. The summed E-state index contributed by atoms with van der Waals surface area (Å²) in [4.78, 5) is 16.1. The lowest BCUT2D eigenvalue weighted by atomic mass is 9.96. The molecular weight excluding hydrogens is 543 g/mol. The molecule has 1 aliphatic carbocycles. The number of ether oxygens (including phenoxy) is 2. The van der Waals surface area contributed by atoms with Gasteiger partial charge >= 0.3 is 13.7 Å². The van der Waals surface area contributed by atoms with Crippen LogP contribution in [0.1, 0.15) is 20.3 Å². The van der Waals surface area contributed by atoms with Crippen molar-refractivity contribution >= 4 is 26.3 Å². The first-order valence-electron chi connectivity index (χ1n) is 12.3. The summed E-state index contributed by atoms with van der Waals surface area (Å²) in [7, 11) is -2.87. The zero-order valence-corrected chi connectivity index (χ0v) is 23.2. The van der Waals surface area contributed by atoms with Gasteiger partial charge in [-0.05, 0) is 37.6 Å². The Bertz CT molecular complexity index is 1280. The number of carbonyl (C=O) groups is 1. The van der Waals surface area contributed by atoms with Gasteiger partial charge in [0, 0.05) is 20.2 Å². The van der Waals surface area contributed by atoms with E-state index in [2.05, 4.69) is 27.3 Å². The molecule has 2 unspecified atom stereocenters. The maximum atomic E-state index is 13.7. The normalized spacial score (nSPS) is 29.4. The number of nitrogens with two attached hydrogens (primary N) is 1. The molecule has 1 saturated heterocycles. The zero-order chi connectivity index (χ0) is 29.6. The first-order valence-corrected chi connectivity index (χ1v) is 13.8. The van der Waals surface area contributed by atoms with Crippen LogP contribution in [0, 0.1) is 11.3 Å². The van der Waals surface area contributed by atoms with E-state index in [-0.39, 0.29) is 24.6 Å². The summed E-state index contributed by atoms with van der Waals surface area (Å²) in [6.07, 6.45) is 0.0492. The van der Waals surface area contributed by atoms with E-state index in [1.54, 1.807) is 31.2 Å². The molecule has 1 spiro atoms. The predicted molar refractivity (Wildman–Crippen MR) is 145 cm³/mol. The van der Waals surface area contributed by atoms with Gasteiger partial charge in [0.15, 0.2) is 0 Å². The average Bonchev–Trinajstić information content (AvgIpc) is 3.60. The Morgan fingerprint density at radius 3 is 2.70 bits per heavy atom. The number of benzene rings is 1. The number of hydrazone groups is 1. The lowest BCUT2D eigenvalue weighted by Gasteiger charge is -2.28. The Labute approximate surface area is 231 Å². The highest BCUT2D eigenvalue weighted by Gasteiger charge is 2.71. The van der Waals surface area contributed by atoms with Crippen LogP contribution in [0.5, 0.6) is 5.75 Å². The number of rotatable bonds is 13. The number of allylic oxidation sites excluding steroid dienone is 2. The quantitative estimate of drug-likeness (QED) is 0.0729. The van der Waals surface area contributed by atoms with Crippen molar-refractivity contribution in [2.75, 3.05) is 20.3 Å². The fourth-order valence-corrected chi connectivity index (χ4v) is 5.56. The Kier molecular flexibility index (Phi) is 9.86. The monoisotopic (exact) mass is 576 g/mol. The molecule has 14 nitrogen and oxygen atoms in total. The molecule has 1 aliphatic heterocycles. The molecule has 0 aromatic heterocycles. The third-order valence-corrected chi connectivity index (χ3v) is 7.88. The summed E-state index contributed by atoms with van der Waals surface area (Å²) in [5.41, 5.74) is 5.77. The van der Waals surface area contributed by atoms with Crippen LogP contribution in [0.25, 0.3) is 0 Å². The lowest BCUT2D eigenvalue weighted by Crippen LogP contribution is -2.46. The van der Waals surface area contributed by atoms with E-state index in [1.165, 1.54) is 32.2 Å². The number of aliphatic hydroxyl groups is 2. The summed E-state index contributed by atoms with van der Waals surface area (Å²) in [5.74, 6) is -0.415. The van der Waals surface area contributed by atoms with Gasteiger partial charge in [-0.3, -0.25) is 19.7 Å². The van der Waals surface area contributed by atoms with Gasteiger partial charge in [-0.25, -0.2) is 4.57 Å². The molecular formula is C25H33N6O8P. The number of esters is 1. The van der Waals surface area contributed by atoms with Crippen molar-refractivity contribution in [3.05, 3.63) is 53.8 Å². The number of nitriles is 1. The Morgan fingerprint density at radius 1 is 1.40 bits per heavy atom. The highest BCUT2D eigenvalue weighted by atomic mass is 31.2. The Hall–Kier alpha value is -3.57. The number of nitrogens with zero attached hydrogens (tertiary/aromatic N) is 3. The minimum absolute atomic E-state index is 0.0949. The van der Waals surface area contributed by atoms with Gasteiger partial charge in [0.25, 0.3) is 0 Å². The smallest absolute Gasteiger partial charge is 0.459 e. The predicted octanol–water partition coefficient (Wildman–Crippen LogP) is 0.891. The highest BCUT2D eigenvalue weighted by Crippen LogP contribution is 2.58. The molecule has 0 bridgehead atoms. The average molecular weight is 577 g/mol. The van der Waals surface area contributed by atoms with Gasteiger partial charge in [0.1, 0.15) is 48.1 Å². The topological polar surface area (TPSA) is 210 Å². The summed E-state index contributed by atoms with van der Waals surface area (Å²) >= 11 is 0. The maximum absolute atomic E-state index is 13.7. The fraction of sp³-hybridized carbons (Fsp3) is 0.440. The van der Waals surface area contributed by atoms with Crippen molar-refractivity contribution in [3.8, 4) is 11.8 Å². The summed E-state index contributed by atoms with van der Waals surface area (Å²) in [6.45, 7) is 5.68. The fourth-order valence-electron chi connectivity index (χ4n) is 4.04. The molecule has 1 aromatic carbocycles. The minimum Gasteiger partial charge on any atom is -0.465 e. The molecule has 1 heterocycles. The van der Waals surface area contributed by atoms with Crippen molar-refractivity contribution in [1.82, 2.24) is 10.5 Å². The molecule has 1 saturated carbocycles. The van der Waals surface area contributed by atoms with Crippen LogP contribution in [0.3, 0.4) is 0 Å². The molecule has 15 heteroatoms. The molecule has 2 aliphatic rings. The van der Waals surface area contributed by atoms with Crippen molar-refractivity contribution in [2.45, 2.75) is 49.7 Å². The number of hydrogen-bond acceptors (Lipinski definition) is 12. The second-order valence-corrected chi connectivity index (χ2v) is 10.7.